The lowest BCUT2D eigenvalue weighted by Gasteiger charge is -2.03. The van der Waals surface area contributed by atoms with E-state index in [1.807, 2.05) is 6.26 Å². The number of nitrogens with one attached hydrogen (secondary N) is 1. The van der Waals surface area contributed by atoms with Gasteiger partial charge in [-0.2, -0.15) is 11.8 Å². The van der Waals surface area contributed by atoms with Crippen molar-refractivity contribution in [3.8, 4) is 0 Å². The average molecular weight is 272 g/mol. The highest BCUT2D eigenvalue weighted by molar-refractivity contribution is 7.97. The summed E-state index contributed by atoms with van der Waals surface area (Å²) in [4.78, 5) is 18.3. The first-order valence-electron chi connectivity index (χ1n) is 4.73. The second kappa shape index (κ2) is 4.46. The van der Waals surface area contributed by atoms with Crippen molar-refractivity contribution in [3.63, 3.8) is 0 Å². The van der Waals surface area contributed by atoms with E-state index in [2.05, 4.69) is 9.97 Å². The molecule has 0 aliphatic rings. The summed E-state index contributed by atoms with van der Waals surface area (Å²) in [6.07, 6.45) is 1.95. The van der Waals surface area contributed by atoms with Gasteiger partial charge in [0.1, 0.15) is 5.82 Å². The fourth-order valence-corrected chi connectivity index (χ4v) is 2.21. The second-order valence-corrected chi connectivity index (χ2v) is 4.71. The number of carboxylic acid groups (broad SMARTS) is 1. The standard InChI is InChI=1S/C10H10ClN3O2S/c1-17-3-6-13-5-2-4(10(15)16)8(12)7(11)9(5)14-6/h2H,3,12H2,1H3,(H,13,14)(H,15,16). The van der Waals surface area contributed by atoms with Crippen LogP contribution in [0, 0.1) is 0 Å². The summed E-state index contributed by atoms with van der Waals surface area (Å²) < 4.78 is 0. The van der Waals surface area contributed by atoms with Crippen LogP contribution in [-0.4, -0.2) is 27.3 Å². The summed E-state index contributed by atoms with van der Waals surface area (Å²) in [5, 5.41) is 9.19. The zero-order valence-electron chi connectivity index (χ0n) is 8.95. The van der Waals surface area contributed by atoms with Crippen LogP contribution >= 0.6 is 23.4 Å². The number of carboxylic acids is 1. The van der Waals surface area contributed by atoms with Crippen molar-refractivity contribution < 1.29 is 9.90 Å². The third-order valence-electron chi connectivity index (χ3n) is 2.32. The molecule has 0 aliphatic heterocycles. The van der Waals surface area contributed by atoms with Gasteiger partial charge >= 0.3 is 5.97 Å². The van der Waals surface area contributed by atoms with Gasteiger partial charge in [0, 0.05) is 0 Å². The minimum atomic E-state index is -1.11. The van der Waals surface area contributed by atoms with Crippen molar-refractivity contribution in [1.82, 2.24) is 9.97 Å². The molecule has 0 saturated heterocycles. The molecule has 17 heavy (non-hydrogen) atoms. The fraction of sp³-hybridized carbons (Fsp3) is 0.200. The van der Waals surface area contributed by atoms with E-state index in [4.69, 9.17) is 22.4 Å². The first kappa shape index (κ1) is 12.1. The number of hydrogen-bond donors (Lipinski definition) is 3. The maximum absolute atomic E-state index is 11.0. The Morgan fingerprint density at radius 1 is 1.71 bits per heavy atom. The highest BCUT2D eigenvalue weighted by Crippen LogP contribution is 2.31. The molecule has 0 amide bonds. The Balaban J connectivity index is 2.68. The first-order chi connectivity index (χ1) is 8.04. The number of nitrogens with zero attached hydrogens (tertiary/aromatic N) is 1. The molecular formula is C10H10ClN3O2S. The van der Waals surface area contributed by atoms with Crippen molar-refractivity contribution in [1.29, 1.82) is 0 Å². The highest BCUT2D eigenvalue weighted by atomic mass is 35.5. The molecule has 0 bridgehead atoms. The van der Waals surface area contributed by atoms with Gasteiger partial charge in [-0.05, 0) is 12.3 Å². The molecule has 2 rings (SSSR count). The van der Waals surface area contributed by atoms with Crippen molar-refractivity contribution in [2.24, 2.45) is 0 Å². The topological polar surface area (TPSA) is 92.0 Å². The van der Waals surface area contributed by atoms with Gasteiger partial charge in [-0.15, -0.1) is 0 Å². The molecule has 4 N–H and O–H groups in total. The minimum absolute atomic E-state index is 0.0234. The Hall–Kier alpha value is -1.40. The van der Waals surface area contributed by atoms with E-state index < -0.39 is 5.97 Å². The zero-order valence-corrected chi connectivity index (χ0v) is 10.5. The van der Waals surface area contributed by atoms with Gasteiger partial charge < -0.3 is 15.8 Å². The lowest BCUT2D eigenvalue weighted by atomic mass is 10.1. The number of H-pyrrole nitrogens is 1. The van der Waals surface area contributed by atoms with Crippen LogP contribution in [0.1, 0.15) is 16.2 Å². The molecule has 0 radical (unpaired) electrons. The Kier molecular flexibility index (Phi) is 3.17. The maximum Gasteiger partial charge on any atom is 0.337 e. The quantitative estimate of drug-likeness (QED) is 0.745. The van der Waals surface area contributed by atoms with Crippen LogP contribution in [0.5, 0.6) is 0 Å². The molecule has 2 aromatic rings. The number of nitrogen functional groups attached to an aromatic ring is 1. The lowest BCUT2D eigenvalue weighted by Crippen LogP contribution is -2.03. The van der Waals surface area contributed by atoms with Gasteiger partial charge in [0.15, 0.2) is 0 Å². The Bertz CT molecular complexity index is 597. The Morgan fingerprint density at radius 2 is 2.41 bits per heavy atom. The summed E-state index contributed by atoms with van der Waals surface area (Å²) in [6.45, 7) is 0. The molecule has 0 aliphatic carbocycles. The monoisotopic (exact) mass is 271 g/mol. The van der Waals surface area contributed by atoms with Crippen LogP contribution < -0.4 is 5.73 Å². The van der Waals surface area contributed by atoms with Crippen LogP contribution in [0.25, 0.3) is 11.0 Å². The van der Waals surface area contributed by atoms with Gasteiger partial charge in [-0.1, -0.05) is 11.6 Å². The van der Waals surface area contributed by atoms with E-state index in [0.29, 0.717) is 16.8 Å². The van der Waals surface area contributed by atoms with E-state index in [1.165, 1.54) is 6.07 Å². The highest BCUT2D eigenvalue weighted by Gasteiger charge is 2.17. The number of aromatic nitrogens is 2. The molecule has 1 aromatic heterocycles. The van der Waals surface area contributed by atoms with Crippen molar-refractivity contribution in [2.45, 2.75) is 5.75 Å². The molecule has 0 unspecified atom stereocenters. The summed E-state index contributed by atoms with van der Waals surface area (Å²) in [6, 6.07) is 1.43. The van der Waals surface area contributed by atoms with Gasteiger partial charge in [0.25, 0.3) is 0 Å². The van der Waals surface area contributed by atoms with Crippen molar-refractivity contribution in [2.75, 3.05) is 12.0 Å². The van der Waals surface area contributed by atoms with Gasteiger partial charge in [0.2, 0.25) is 0 Å². The Labute approximate surface area is 106 Å². The third-order valence-corrected chi connectivity index (χ3v) is 3.27. The molecule has 90 valence electrons. The SMILES string of the molecule is CSCc1nc2cc(C(=O)O)c(N)c(Cl)c2[nH]1. The molecule has 0 saturated carbocycles. The number of anilines is 1. The predicted molar refractivity (Wildman–Crippen MR) is 69.7 cm³/mol. The summed E-state index contributed by atoms with van der Waals surface area (Å²) >= 11 is 7.63. The summed E-state index contributed by atoms with van der Waals surface area (Å²) in [5.74, 6) is 0.338. The number of imidazole rings is 1. The molecule has 0 fully saturated rings. The number of benzene rings is 1. The number of fused-ring (bicyclic) bond motifs is 1. The fourth-order valence-electron chi connectivity index (χ4n) is 1.56. The summed E-state index contributed by atoms with van der Waals surface area (Å²) in [5.41, 5.74) is 6.81. The molecule has 0 spiro atoms. The van der Waals surface area contributed by atoms with Gasteiger partial charge in [-0.25, -0.2) is 9.78 Å². The smallest absolute Gasteiger partial charge is 0.337 e. The number of aromatic carboxylic acids is 1. The third kappa shape index (κ3) is 2.05. The maximum atomic E-state index is 11.0. The number of aromatic amines is 1. The second-order valence-electron chi connectivity index (χ2n) is 3.47. The molecule has 7 heteroatoms. The van der Waals surface area contributed by atoms with E-state index in [-0.39, 0.29) is 16.3 Å². The number of halogens is 1. The van der Waals surface area contributed by atoms with Gasteiger partial charge in [0.05, 0.1) is 33.1 Å². The van der Waals surface area contributed by atoms with Crippen LogP contribution in [0.4, 0.5) is 5.69 Å². The average Bonchev–Trinajstić information content (AvgIpc) is 2.66. The molecular weight excluding hydrogens is 262 g/mol. The zero-order chi connectivity index (χ0) is 12.6. The molecule has 1 heterocycles. The van der Waals surface area contributed by atoms with Gasteiger partial charge in [-0.3, -0.25) is 0 Å². The van der Waals surface area contributed by atoms with Crippen LogP contribution in [-0.2, 0) is 5.75 Å². The lowest BCUT2D eigenvalue weighted by molar-refractivity contribution is 0.0698. The number of thioether (sulfide) groups is 1. The van der Waals surface area contributed by atoms with Crippen LogP contribution in [0.2, 0.25) is 5.02 Å². The normalized spacial score (nSPS) is 10.9. The van der Waals surface area contributed by atoms with Crippen molar-refractivity contribution in [3.05, 3.63) is 22.5 Å². The first-order valence-corrected chi connectivity index (χ1v) is 6.50. The molecule has 1 aromatic carbocycles. The van der Waals surface area contributed by atoms with Crippen LogP contribution in [0.15, 0.2) is 6.07 Å². The Morgan fingerprint density at radius 3 is 3.00 bits per heavy atom. The van der Waals surface area contributed by atoms with Crippen LogP contribution in [0.3, 0.4) is 0 Å². The van der Waals surface area contributed by atoms with E-state index in [0.717, 1.165) is 5.82 Å². The largest absolute Gasteiger partial charge is 0.478 e. The molecule has 5 nitrogen and oxygen atoms in total. The number of carbonyl (C=O) groups is 1. The van der Waals surface area contributed by atoms with E-state index >= 15 is 0 Å². The number of nitrogens with two attached hydrogens (primary N) is 1. The van der Waals surface area contributed by atoms with E-state index in [9.17, 15) is 4.79 Å². The molecule has 0 atom stereocenters. The number of hydrogen-bond acceptors (Lipinski definition) is 4. The number of rotatable bonds is 3. The summed E-state index contributed by atoms with van der Waals surface area (Å²) in [7, 11) is 0. The van der Waals surface area contributed by atoms with E-state index in [1.54, 1.807) is 11.8 Å². The predicted octanol–water partition coefficient (Wildman–Crippen LogP) is 2.36. The van der Waals surface area contributed by atoms with Crippen molar-refractivity contribution >= 4 is 46.1 Å². The minimum Gasteiger partial charge on any atom is -0.478 e.